The van der Waals surface area contributed by atoms with Gasteiger partial charge in [-0.1, -0.05) is 5.92 Å². The lowest BCUT2D eigenvalue weighted by atomic mass is 9.95. The number of nitrogens with two attached hydrogens (primary N) is 1. The Morgan fingerprint density at radius 2 is 2.36 bits per heavy atom. The molecule has 0 aliphatic carbocycles. The maximum absolute atomic E-state index is 11.8. The molecule has 0 radical (unpaired) electrons. The van der Waals surface area contributed by atoms with E-state index in [2.05, 4.69) is 15.9 Å². The van der Waals surface area contributed by atoms with Gasteiger partial charge in [0, 0.05) is 6.20 Å². The summed E-state index contributed by atoms with van der Waals surface area (Å²) >= 11 is 0. The first-order chi connectivity index (χ1) is 10.4. The highest BCUT2D eigenvalue weighted by molar-refractivity contribution is 5.76. The largest absolute Gasteiger partial charge is 0.394 e. The van der Waals surface area contributed by atoms with Gasteiger partial charge in [-0.05, 0) is 6.07 Å². The number of aromatic amines is 1. The summed E-state index contributed by atoms with van der Waals surface area (Å²) < 4.78 is 6.74. The van der Waals surface area contributed by atoms with Gasteiger partial charge in [0.2, 0.25) is 5.95 Å². The lowest BCUT2D eigenvalue weighted by Gasteiger charge is -2.26. The molecule has 116 valence electrons. The second-order valence-corrected chi connectivity index (χ2v) is 5.04. The van der Waals surface area contributed by atoms with E-state index in [1.807, 2.05) is 0 Å². The zero-order valence-corrected chi connectivity index (χ0v) is 11.3. The van der Waals surface area contributed by atoms with Crippen molar-refractivity contribution >= 4 is 17.0 Å². The zero-order chi connectivity index (χ0) is 16.1. The number of terminal acetylenes is 1. The van der Waals surface area contributed by atoms with Gasteiger partial charge in [-0.3, -0.25) is 9.78 Å². The van der Waals surface area contributed by atoms with E-state index in [1.54, 1.807) is 0 Å². The van der Waals surface area contributed by atoms with Crippen LogP contribution in [-0.4, -0.2) is 54.3 Å². The second-order valence-electron chi connectivity index (χ2n) is 5.04. The molecule has 0 saturated carbocycles. The Bertz CT molecular complexity index is 822. The first-order valence-corrected chi connectivity index (χ1v) is 6.43. The number of aliphatic hydroxyl groups is 3. The number of aliphatic hydroxyl groups excluding tert-OH is 2. The SMILES string of the molecule is C#C[C@@]1(O)[C@@H](O)[C@@H](CO)O[C@H]1n1ccc2c(=O)[nH]c(N)nc21. The topological polar surface area (TPSA) is 147 Å². The lowest BCUT2D eigenvalue weighted by Crippen LogP contribution is -2.45. The standard InChI is InChI=1S/C13H14N4O5/c1-2-13(21)8(19)7(5-18)22-11(13)17-4-3-6-9(17)15-12(14)16-10(6)20/h1,3-4,7-8,11,18-19,21H,5H2,(H3,14,15,16,20)/t7-,8+,11-,13-/m1/s1. The van der Waals surface area contributed by atoms with E-state index < -0.39 is 36.2 Å². The van der Waals surface area contributed by atoms with Crippen LogP contribution in [-0.2, 0) is 4.74 Å². The van der Waals surface area contributed by atoms with Crippen molar-refractivity contribution < 1.29 is 20.1 Å². The molecule has 4 atom stereocenters. The summed E-state index contributed by atoms with van der Waals surface area (Å²) in [4.78, 5) is 18.2. The third-order valence-electron chi connectivity index (χ3n) is 3.75. The number of nitrogens with zero attached hydrogens (tertiary/aromatic N) is 2. The molecular formula is C13H14N4O5. The molecule has 0 bridgehead atoms. The highest BCUT2D eigenvalue weighted by atomic mass is 16.6. The van der Waals surface area contributed by atoms with Crippen molar-refractivity contribution in [1.29, 1.82) is 0 Å². The Morgan fingerprint density at radius 3 is 3.00 bits per heavy atom. The molecule has 0 amide bonds. The molecule has 0 aromatic carbocycles. The molecule has 9 nitrogen and oxygen atoms in total. The van der Waals surface area contributed by atoms with Gasteiger partial charge in [-0.15, -0.1) is 6.42 Å². The summed E-state index contributed by atoms with van der Waals surface area (Å²) in [5, 5.41) is 30.0. The van der Waals surface area contributed by atoms with Crippen molar-refractivity contribution in [2.24, 2.45) is 0 Å². The predicted octanol–water partition coefficient (Wildman–Crippen LogP) is -2.08. The van der Waals surface area contributed by atoms with E-state index in [9.17, 15) is 20.1 Å². The van der Waals surface area contributed by atoms with Crippen LogP contribution in [0, 0.1) is 12.3 Å². The third-order valence-corrected chi connectivity index (χ3v) is 3.75. The highest BCUT2D eigenvalue weighted by Crippen LogP contribution is 2.39. The van der Waals surface area contributed by atoms with E-state index in [0.717, 1.165) is 0 Å². The second kappa shape index (κ2) is 4.82. The Kier molecular flexibility index (Phi) is 3.19. The fourth-order valence-electron chi connectivity index (χ4n) is 2.60. The summed E-state index contributed by atoms with van der Waals surface area (Å²) in [5.41, 5.74) is 3.12. The summed E-state index contributed by atoms with van der Waals surface area (Å²) in [6.45, 7) is -0.531. The zero-order valence-electron chi connectivity index (χ0n) is 11.3. The van der Waals surface area contributed by atoms with Crippen LogP contribution in [0.5, 0.6) is 0 Å². The minimum atomic E-state index is -2.08. The summed E-state index contributed by atoms with van der Waals surface area (Å²) in [7, 11) is 0. The molecular weight excluding hydrogens is 292 g/mol. The number of nitrogens with one attached hydrogen (secondary N) is 1. The van der Waals surface area contributed by atoms with Gasteiger partial charge < -0.3 is 30.4 Å². The van der Waals surface area contributed by atoms with Crippen LogP contribution in [0.25, 0.3) is 11.0 Å². The number of hydrogen-bond donors (Lipinski definition) is 5. The quantitative estimate of drug-likeness (QED) is 0.400. The molecule has 1 aliphatic heterocycles. The van der Waals surface area contributed by atoms with Crippen molar-refractivity contribution in [3.8, 4) is 12.3 Å². The molecule has 1 fully saturated rings. The molecule has 0 spiro atoms. The molecule has 0 unspecified atom stereocenters. The summed E-state index contributed by atoms with van der Waals surface area (Å²) in [6, 6.07) is 1.46. The van der Waals surface area contributed by atoms with E-state index >= 15 is 0 Å². The van der Waals surface area contributed by atoms with Gasteiger partial charge in [-0.25, -0.2) is 0 Å². The fourth-order valence-corrected chi connectivity index (χ4v) is 2.60. The average molecular weight is 306 g/mol. The molecule has 3 rings (SSSR count). The molecule has 22 heavy (non-hydrogen) atoms. The number of H-pyrrole nitrogens is 1. The van der Waals surface area contributed by atoms with Crippen LogP contribution in [0.15, 0.2) is 17.1 Å². The summed E-state index contributed by atoms with van der Waals surface area (Å²) in [5.74, 6) is 1.98. The fraction of sp³-hybridized carbons (Fsp3) is 0.385. The first-order valence-electron chi connectivity index (χ1n) is 6.43. The van der Waals surface area contributed by atoms with Gasteiger partial charge in [0.1, 0.15) is 12.2 Å². The molecule has 1 saturated heterocycles. The number of nitrogen functional groups attached to an aromatic ring is 1. The van der Waals surface area contributed by atoms with Crippen LogP contribution in [0.4, 0.5) is 5.95 Å². The van der Waals surface area contributed by atoms with Crippen molar-refractivity contribution in [2.45, 2.75) is 24.0 Å². The van der Waals surface area contributed by atoms with Crippen molar-refractivity contribution in [3.63, 3.8) is 0 Å². The van der Waals surface area contributed by atoms with E-state index in [-0.39, 0.29) is 17.0 Å². The monoisotopic (exact) mass is 306 g/mol. The van der Waals surface area contributed by atoms with E-state index in [0.29, 0.717) is 0 Å². The number of hydrogen-bond acceptors (Lipinski definition) is 7. The Balaban J connectivity index is 2.19. The molecule has 3 heterocycles. The number of fused-ring (bicyclic) bond motifs is 1. The van der Waals surface area contributed by atoms with Gasteiger partial charge in [0.25, 0.3) is 5.56 Å². The molecule has 2 aromatic heterocycles. The van der Waals surface area contributed by atoms with Gasteiger partial charge >= 0.3 is 0 Å². The molecule has 6 N–H and O–H groups in total. The third kappa shape index (κ3) is 1.83. The van der Waals surface area contributed by atoms with Gasteiger partial charge in [0.05, 0.1) is 12.0 Å². The number of ether oxygens (including phenoxy) is 1. The van der Waals surface area contributed by atoms with Crippen LogP contribution < -0.4 is 11.3 Å². The Labute approximate surface area is 124 Å². The first kappa shape index (κ1) is 14.6. The van der Waals surface area contributed by atoms with Gasteiger partial charge in [-0.2, -0.15) is 4.98 Å². The summed E-state index contributed by atoms with van der Waals surface area (Å²) in [6.07, 6.45) is 2.98. The number of anilines is 1. The van der Waals surface area contributed by atoms with Crippen LogP contribution in [0.2, 0.25) is 0 Å². The van der Waals surface area contributed by atoms with Crippen molar-refractivity contribution in [1.82, 2.24) is 14.5 Å². The number of rotatable bonds is 2. The maximum atomic E-state index is 11.8. The number of aromatic nitrogens is 3. The maximum Gasteiger partial charge on any atom is 0.261 e. The highest BCUT2D eigenvalue weighted by Gasteiger charge is 2.55. The predicted molar refractivity (Wildman–Crippen MR) is 75.6 cm³/mol. The Morgan fingerprint density at radius 1 is 1.64 bits per heavy atom. The van der Waals surface area contributed by atoms with Crippen molar-refractivity contribution in [3.05, 3.63) is 22.6 Å². The van der Waals surface area contributed by atoms with Crippen LogP contribution in [0.1, 0.15) is 6.23 Å². The van der Waals surface area contributed by atoms with E-state index in [1.165, 1.54) is 16.8 Å². The molecule has 1 aliphatic rings. The normalized spacial score (nSPS) is 31.5. The van der Waals surface area contributed by atoms with Crippen LogP contribution >= 0.6 is 0 Å². The molecule has 2 aromatic rings. The lowest BCUT2D eigenvalue weighted by molar-refractivity contribution is -0.0718. The average Bonchev–Trinajstić information content (AvgIpc) is 3.00. The minimum absolute atomic E-state index is 0.112. The Hall–Kier alpha value is -2.38. The van der Waals surface area contributed by atoms with Crippen LogP contribution in [0.3, 0.4) is 0 Å². The molecule has 9 heteroatoms. The minimum Gasteiger partial charge on any atom is -0.394 e. The smallest absolute Gasteiger partial charge is 0.261 e. The van der Waals surface area contributed by atoms with E-state index in [4.69, 9.17) is 16.9 Å². The van der Waals surface area contributed by atoms with Crippen molar-refractivity contribution in [2.75, 3.05) is 12.3 Å². The van der Waals surface area contributed by atoms with Gasteiger partial charge in [0.15, 0.2) is 17.5 Å².